The van der Waals surface area contributed by atoms with E-state index in [0.717, 1.165) is 56.0 Å². The van der Waals surface area contributed by atoms with Gasteiger partial charge in [-0.25, -0.2) is 19.3 Å². The lowest BCUT2D eigenvalue weighted by Gasteiger charge is -2.36. The molecule has 0 radical (unpaired) electrons. The molecule has 2 aliphatic rings. The number of nitriles is 4. The first-order chi connectivity index (χ1) is 35.9. The first kappa shape index (κ1) is 56.8. The van der Waals surface area contributed by atoms with Gasteiger partial charge in [0.15, 0.2) is 0 Å². The highest BCUT2D eigenvalue weighted by Crippen LogP contribution is 2.36. The van der Waals surface area contributed by atoms with Gasteiger partial charge in [0.2, 0.25) is 11.9 Å². The fourth-order valence-corrected chi connectivity index (χ4v) is 9.22. The zero-order valence-corrected chi connectivity index (χ0v) is 45.2. The molecule has 2 fully saturated rings. The zero-order chi connectivity index (χ0) is 55.8. The van der Waals surface area contributed by atoms with Crippen molar-refractivity contribution in [3.63, 3.8) is 0 Å². The Labute approximate surface area is 440 Å². The molecule has 0 saturated heterocycles. The van der Waals surface area contributed by atoms with E-state index >= 15 is 0 Å². The second kappa shape index (κ2) is 23.8. The lowest BCUT2D eigenvalue weighted by atomic mass is 9.81. The summed E-state index contributed by atoms with van der Waals surface area (Å²) in [5, 5.41) is 54.3. The highest BCUT2D eigenvalue weighted by atomic mass is 19.1. The lowest BCUT2D eigenvalue weighted by Crippen LogP contribution is -2.39. The predicted octanol–water partition coefficient (Wildman–Crippen LogP) is 7.92. The molecular formula is C54H64F2N16O4. The van der Waals surface area contributed by atoms with Crippen LogP contribution in [0.4, 0.5) is 20.2 Å². The molecule has 20 nitrogen and oxygen atoms in total. The van der Waals surface area contributed by atoms with E-state index in [1.165, 1.54) is 45.6 Å². The summed E-state index contributed by atoms with van der Waals surface area (Å²) >= 11 is 0. The van der Waals surface area contributed by atoms with Gasteiger partial charge in [0, 0.05) is 72.4 Å². The molecule has 0 atom stereocenters. The van der Waals surface area contributed by atoms with Crippen molar-refractivity contribution in [3.05, 3.63) is 103 Å². The van der Waals surface area contributed by atoms with Crippen LogP contribution in [0.2, 0.25) is 0 Å². The Morgan fingerprint density at radius 2 is 1.12 bits per heavy atom. The summed E-state index contributed by atoms with van der Waals surface area (Å²) in [7, 11) is 10.1. The number of fused-ring (bicyclic) bond motifs is 2. The minimum atomic E-state index is -0.514. The average Bonchev–Trinajstić information content (AvgIpc) is 3.91. The summed E-state index contributed by atoms with van der Waals surface area (Å²) in [6, 6.07) is 17.7. The van der Waals surface area contributed by atoms with Crippen molar-refractivity contribution in [2.45, 2.75) is 123 Å². The molecule has 76 heavy (non-hydrogen) atoms. The van der Waals surface area contributed by atoms with Gasteiger partial charge in [-0.1, -0.05) is 29.6 Å². The van der Waals surface area contributed by atoms with Crippen molar-refractivity contribution in [2.75, 3.05) is 23.9 Å². The molecule has 6 heterocycles. The Hall–Kier alpha value is -8.50. The molecule has 398 valence electrons. The second-order valence-electron chi connectivity index (χ2n) is 20.9. The molecule has 0 bridgehead atoms. The molecule has 0 spiro atoms. The Kier molecular flexibility index (Phi) is 17.8. The summed E-state index contributed by atoms with van der Waals surface area (Å²) in [6.07, 6.45) is 9.88. The Bertz CT molecular complexity index is 3420. The molecule has 6 aromatic rings. The number of halogens is 2. The maximum Gasteiger partial charge on any atom is 0.270 e. The van der Waals surface area contributed by atoms with Gasteiger partial charge in [-0.15, -0.1) is 0 Å². The maximum atomic E-state index is 14.1. The van der Waals surface area contributed by atoms with Crippen LogP contribution in [0.5, 0.6) is 0 Å². The molecule has 0 aromatic carbocycles. The molecule has 0 amide bonds. The largest absolute Gasteiger partial charge is 0.390 e. The SMILES string of the molecule is CN(c1c(C#N)c(=O)n(C)c2ccc(C#N)nc12)C1CCC(/C(=N/OC(C)(C)C)c2cc(F)n(C)n2)CC1.CN(c1c(C#N)c(=O)n(C)c2ccc(C#N)nc12)C1CCCCC1.Cn1nc(/C=N\OC(C)(C)C)cc1F. The van der Waals surface area contributed by atoms with Gasteiger partial charge < -0.3 is 28.6 Å². The summed E-state index contributed by atoms with van der Waals surface area (Å²) < 4.78 is 32.1. The molecule has 0 aliphatic heterocycles. The normalized spacial score (nSPS) is 16.1. The lowest BCUT2D eigenvalue weighted by molar-refractivity contribution is -0.000122. The third kappa shape index (κ3) is 13.1. The van der Waals surface area contributed by atoms with E-state index in [1.807, 2.05) is 77.6 Å². The van der Waals surface area contributed by atoms with Crippen LogP contribution in [0.1, 0.15) is 133 Å². The maximum absolute atomic E-state index is 14.1. The number of aryl methyl sites for hydroxylation is 4. The van der Waals surface area contributed by atoms with Gasteiger partial charge in [0.25, 0.3) is 11.1 Å². The molecule has 6 aromatic heterocycles. The van der Waals surface area contributed by atoms with Crippen LogP contribution in [-0.2, 0) is 37.9 Å². The molecule has 2 aliphatic carbocycles. The minimum Gasteiger partial charge on any atom is -0.390 e. The third-order valence-corrected chi connectivity index (χ3v) is 13.2. The number of pyridine rings is 4. The van der Waals surface area contributed by atoms with Gasteiger partial charge in [0.1, 0.15) is 86.1 Å². The quantitative estimate of drug-likeness (QED) is 0.0986. The zero-order valence-electron chi connectivity index (χ0n) is 45.2. The monoisotopic (exact) mass is 1040 g/mol. The van der Waals surface area contributed by atoms with Crippen LogP contribution in [-0.4, -0.2) is 88.0 Å². The number of hydrogen-bond acceptors (Lipinski definition) is 16. The van der Waals surface area contributed by atoms with Crippen molar-refractivity contribution >= 4 is 45.4 Å². The third-order valence-electron chi connectivity index (χ3n) is 13.2. The van der Waals surface area contributed by atoms with Gasteiger partial charge in [-0.05, 0) is 104 Å². The van der Waals surface area contributed by atoms with Gasteiger partial charge in [-0.2, -0.15) is 40.0 Å². The van der Waals surface area contributed by atoms with Crippen LogP contribution < -0.4 is 20.9 Å². The van der Waals surface area contributed by atoms with Crippen LogP contribution in [0.25, 0.3) is 22.1 Å². The van der Waals surface area contributed by atoms with Crippen molar-refractivity contribution in [1.29, 1.82) is 21.0 Å². The van der Waals surface area contributed by atoms with Crippen LogP contribution in [0.15, 0.2) is 56.3 Å². The number of rotatable bonds is 9. The number of hydrogen-bond donors (Lipinski definition) is 0. The standard InChI is InChI=1S/C27H31FN8O2.C18H19N5O.C9H14FN3O/c1-27(2,3)38-33-23(20-13-22(28)36(6)32-20)16-7-10-18(11-8-16)34(4)25-19(15-30)26(37)35(5)21-12-9-17(14-29)31-24(21)25;1-22(13-6-4-3-5-7-13)17-14(11-20)18(24)23(2)15-9-8-12(10-19)21-16(15)17;1-9(2,3)14-11-6-7-5-8(10)13(4)12-7/h9,12-13,16,18H,7-8,10-11H2,1-6H3;8-9,13H,3-7H2,1-2H3;5-6H,1-4H3/b33-23-;;11-6-. The van der Waals surface area contributed by atoms with Gasteiger partial charge >= 0.3 is 0 Å². The number of oxime groups is 2. The van der Waals surface area contributed by atoms with Crippen LogP contribution in [0, 0.1) is 63.1 Å². The fourth-order valence-electron chi connectivity index (χ4n) is 9.22. The number of nitrogens with zero attached hydrogens (tertiary/aromatic N) is 16. The molecule has 0 N–H and O–H groups in total. The Balaban J connectivity index is 0.000000209. The molecule has 8 rings (SSSR count). The minimum absolute atomic E-state index is 0.00278. The summed E-state index contributed by atoms with van der Waals surface area (Å²) in [4.78, 5) is 49.2. The van der Waals surface area contributed by atoms with E-state index < -0.39 is 23.1 Å². The number of anilines is 2. The smallest absolute Gasteiger partial charge is 0.270 e. The van der Waals surface area contributed by atoms with Crippen LogP contribution in [0.3, 0.4) is 0 Å². The molecular weight excluding hydrogens is 975 g/mol. The number of aromatic nitrogens is 8. The van der Waals surface area contributed by atoms with Crippen LogP contribution >= 0.6 is 0 Å². The second-order valence-corrected chi connectivity index (χ2v) is 20.9. The first-order valence-electron chi connectivity index (χ1n) is 24.9. The summed E-state index contributed by atoms with van der Waals surface area (Å²) in [5.74, 6) is -0.861. The van der Waals surface area contributed by atoms with Crippen molar-refractivity contribution in [1.82, 2.24) is 38.7 Å². The Morgan fingerprint density at radius 3 is 1.53 bits per heavy atom. The fraction of sp³-hybridized carbons (Fsp3) is 0.481. The Morgan fingerprint density at radius 1 is 0.658 bits per heavy atom. The van der Waals surface area contributed by atoms with Crippen molar-refractivity contribution in [2.24, 2.45) is 44.4 Å². The molecule has 2 saturated carbocycles. The van der Waals surface area contributed by atoms with E-state index in [0.29, 0.717) is 50.5 Å². The average molecular weight is 1040 g/mol. The first-order valence-corrected chi connectivity index (χ1v) is 24.9. The van der Waals surface area contributed by atoms with Gasteiger partial charge in [0.05, 0.1) is 28.6 Å². The van der Waals surface area contributed by atoms with Crippen molar-refractivity contribution in [3.8, 4) is 24.3 Å². The molecule has 22 heteroatoms. The topological polar surface area (TPSA) is 250 Å². The summed E-state index contributed by atoms with van der Waals surface area (Å²) in [6.45, 7) is 11.3. The highest BCUT2D eigenvalue weighted by Gasteiger charge is 2.33. The van der Waals surface area contributed by atoms with E-state index in [1.54, 1.807) is 45.4 Å². The summed E-state index contributed by atoms with van der Waals surface area (Å²) in [5.41, 5.74) is 3.65. The predicted molar refractivity (Wildman–Crippen MR) is 284 cm³/mol. The van der Waals surface area contributed by atoms with E-state index in [9.17, 15) is 34.2 Å². The van der Waals surface area contributed by atoms with Gasteiger partial charge in [-0.3, -0.25) is 9.59 Å². The van der Waals surface area contributed by atoms with E-state index in [-0.39, 0.29) is 51.7 Å². The van der Waals surface area contributed by atoms with E-state index in [4.69, 9.17) is 14.9 Å². The van der Waals surface area contributed by atoms with Crippen molar-refractivity contribution < 1.29 is 18.5 Å². The highest BCUT2D eigenvalue weighted by molar-refractivity contribution is 6.00. The van der Waals surface area contributed by atoms with E-state index in [2.05, 4.69) is 42.6 Å². The molecule has 0 unspecified atom stereocenters.